The summed E-state index contributed by atoms with van der Waals surface area (Å²) in [7, 11) is -2.17. The first-order valence-electron chi connectivity index (χ1n) is 7.65. The second-order valence-corrected chi connectivity index (χ2v) is 8.67. The van der Waals surface area contributed by atoms with E-state index in [9.17, 15) is 8.42 Å². The Bertz CT molecular complexity index is 1010. The van der Waals surface area contributed by atoms with Crippen molar-refractivity contribution < 1.29 is 17.6 Å². The monoisotopic (exact) mass is 377 g/mol. The van der Waals surface area contributed by atoms with Crippen molar-refractivity contribution in [1.29, 1.82) is 0 Å². The molecule has 0 bridgehead atoms. The third kappa shape index (κ3) is 3.38. The number of rotatable bonds is 6. The maximum absolute atomic E-state index is 12.6. The van der Waals surface area contributed by atoms with Crippen LogP contribution in [0.25, 0.3) is 10.8 Å². The van der Waals surface area contributed by atoms with E-state index >= 15 is 0 Å². The smallest absolute Gasteiger partial charge is 0.271 e. The Balaban J connectivity index is 1.56. The van der Waals surface area contributed by atoms with Crippen LogP contribution in [0.15, 0.2) is 45.0 Å². The summed E-state index contributed by atoms with van der Waals surface area (Å²) in [4.78, 5) is 0.630. The van der Waals surface area contributed by atoms with Gasteiger partial charge in [0, 0.05) is 12.0 Å². The summed E-state index contributed by atoms with van der Waals surface area (Å²) in [6, 6.07) is 9.95. The van der Waals surface area contributed by atoms with Gasteiger partial charge in [-0.15, -0.1) is 21.5 Å². The molecule has 1 aliphatic carbocycles. The molecule has 0 atom stereocenters. The molecule has 0 radical (unpaired) electrons. The molecule has 9 heteroatoms. The number of nitrogens with zero attached hydrogens (tertiary/aromatic N) is 2. The fourth-order valence-electron chi connectivity index (χ4n) is 2.30. The lowest BCUT2D eigenvalue weighted by molar-refractivity contribution is 0.415. The second-order valence-electron chi connectivity index (χ2n) is 5.68. The zero-order valence-corrected chi connectivity index (χ0v) is 14.9. The van der Waals surface area contributed by atoms with Crippen molar-refractivity contribution >= 4 is 27.0 Å². The minimum absolute atomic E-state index is 0.177. The number of thiophene rings is 1. The highest BCUT2D eigenvalue weighted by Crippen LogP contribution is 2.40. The Kier molecular flexibility index (Phi) is 3.97. The van der Waals surface area contributed by atoms with E-state index in [0.717, 1.165) is 24.2 Å². The molecule has 1 N–H and O–H groups in total. The van der Waals surface area contributed by atoms with Crippen molar-refractivity contribution in [3.05, 3.63) is 42.3 Å². The molecule has 1 aromatic carbocycles. The van der Waals surface area contributed by atoms with Gasteiger partial charge in [-0.1, -0.05) is 6.07 Å². The van der Waals surface area contributed by atoms with Crippen LogP contribution in [0.5, 0.6) is 5.75 Å². The van der Waals surface area contributed by atoms with Gasteiger partial charge in [-0.2, -0.15) is 0 Å². The van der Waals surface area contributed by atoms with Crippen molar-refractivity contribution in [3.8, 4) is 16.5 Å². The first-order valence-corrected chi connectivity index (χ1v) is 9.95. The van der Waals surface area contributed by atoms with Crippen LogP contribution in [0.2, 0.25) is 0 Å². The summed E-state index contributed by atoms with van der Waals surface area (Å²) in [6.07, 6.45) is 2.13. The molecule has 0 saturated heterocycles. The summed E-state index contributed by atoms with van der Waals surface area (Å²) in [5, 5.41) is 8.04. The lowest BCUT2D eigenvalue weighted by Gasteiger charge is -2.07. The highest BCUT2D eigenvalue weighted by Gasteiger charge is 2.30. The van der Waals surface area contributed by atoms with E-state index < -0.39 is 10.0 Å². The predicted octanol–water partition coefficient (Wildman–Crippen LogP) is 3.48. The van der Waals surface area contributed by atoms with E-state index in [4.69, 9.17) is 9.15 Å². The topological polar surface area (TPSA) is 94.3 Å². The number of nitrogens with one attached hydrogen (secondary N) is 1. The highest BCUT2D eigenvalue weighted by atomic mass is 32.2. The molecule has 4 rings (SSSR count). The summed E-state index contributed by atoms with van der Waals surface area (Å²) in [5.41, 5.74) is 0.433. The van der Waals surface area contributed by atoms with Crippen LogP contribution in [0.3, 0.4) is 0 Å². The number of aromatic nitrogens is 2. The van der Waals surface area contributed by atoms with Gasteiger partial charge >= 0.3 is 0 Å². The van der Waals surface area contributed by atoms with Gasteiger partial charge in [-0.25, -0.2) is 8.42 Å². The van der Waals surface area contributed by atoms with Crippen molar-refractivity contribution in [3.63, 3.8) is 0 Å². The normalized spacial score (nSPS) is 14.4. The van der Waals surface area contributed by atoms with Gasteiger partial charge in [0.15, 0.2) is 0 Å². The van der Waals surface area contributed by atoms with Crippen LogP contribution in [0, 0.1) is 0 Å². The molecule has 2 heterocycles. The molecule has 130 valence electrons. The lowest BCUT2D eigenvalue weighted by atomic mass is 10.3. The number of anilines is 1. The summed E-state index contributed by atoms with van der Waals surface area (Å²) >= 11 is 1.09. The van der Waals surface area contributed by atoms with E-state index in [0.29, 0.717) is 34.0 Å². The van der Waals surface area contributed by atoms with E-state index in [1.54, 1.807) is 30.3 Å². The van der Waals surface area contributed by atoms with Gasteiger partial charge in [0.05, 0.1) is 17.7 Å². The van der Waals surface area contributed by atoms with Gasteiger partial charge in [-0.05, 0) is 37.1 Å². The first-order chi connectivity index (χ1) is 12.0. The molecule has 7 nitrogen and oxygen atoms in total. The Labute approximate surface area is 148 Å². The average Bonchev–Trinajstić information content (AvgIpc) is 3.12. The van der Waals surface area contributed by atoms with Gasteiger partial charge < -0.3 is 9.15 Å². The molecule has 0 spiro atoms. The molecule has 0 aliphatic heterocycles. The molecular weight excluding hydrogens is 362 g/mol. The fourth-order valence-corrected chi connectivity index (χ4v) is 4.58. The third-order valence-electron chi connectivity index (χ3n) is 3.75. The van der Waals surface area contributed by atoms with E-state index in [2.05, 4.69) is 14.9 Å². The van der Waals surface area contributed by atoms with Crippen LogP contribution in [-0.2, 0) is 10.0 Å². The molecule has 0 unspecified atom stereocenters. The van der Waals surface area contributed by atoms with Crippen LogP contribution in [0.4, 0.5) is 5.69 Å². The Morgan fingerprint density at radius 1 is 1.24 bits per heavy atom. The van der Waals surface area contributed by atoms with E-state index in [1.165, 1.54) is 13.2 Å². The Hall–Kier alpha value is -2.39. The molecule has 1 fully saturated rings. The molecule has 2 aromatic heterocycles. The van der Waals surface area contributed by atoms with Crippen molar-refractivity contribution in [2.24, 2.45) is 0 Å². The molecule has 0 amide bonds. The van der Waals surface area contributed by atoms with Crippen LogP contribution >= 0.6 is 11.3 Å². The molecule has 25 heavy (non-hydrogen) atoms. The standard InChI is InChI=1S/C16H15N3O4S2/c1-22-12-4-2-3-11(9-12)19-25(20,21)14-8-7-13(24-14)16-18-17-15(23-16)10-5-6-10/h2-4,7-10,19H,5-6H2,1H3. The van der Waals surface area contributed by atoms with Gasteiger partial charge in [-0.3, -0.25) is 4.72 Å². The van der Waals surface area contributed by atoms with E-state index in [1.807, 2.05) is 0 Å². The minimum Gasteiger partial charge on any atom is -0.497 e. The van der Waals surface area contributed by atoms with Gasteiger partial charge in [0.2, 0.25) is 5.89 Å². The maximum Gasteiger partial charge on any atom is 0.271 e. The number of hydrogen-bond acceptors (Lipinski definition) is 7. The molecule has 1 saturated carbocycles. The highest BCUT2D eigenvalue weighted by molar-refractivity contribution is 7.94. The predicted molar refractivity (Wildman–Crippen MR) is 93.4 cm³/mol. The molecule has 1 aliphatic rings. The fraction of sp³-hybridized carbons (Fsp3) is 0.250. The van der Waals surface area contributed by atoms with Gasteiger partial charge in [0.25, 0.3) is 15.9 Å². The minimum atomic E-state index is -3.70. The SMILES string of the molecule is COc1cccc(NS(=O)(=O)c2ccc(-c3nnc(C4CC4)o3)s2)c1. The van der Waals surface area contributed by atoms with Crippen molar-refractivity contribution in [2.45, 2.75) is 23.0 Å². The number of hydrogen-bond donors (Lipinski definition) is 1. The zero-order valence-electron chi connectivity index (χ0n) is 13.3. The quantitative estimate of drug-likeness (QED) is 0.707. The number of sulfonamides is 1. The Morgan fingerprint density at radius 2 is 2.08 bits per heavy atom. The zero-order chi connectivity index (χ0) is 17.4. The number of benzene rings is 1. The van der Waals surface area contributed by atoms with E-state index in [-0.39, 0.29) is 4.21 Å². The molecular formula is C16H15N3O4S2. The summed E-state index contributed by atoms with van der Waals surface area (Å²) in [5.74, 6) is 1.92. The summed E-state index contributed by atoms with van der Waals surface area (Å²) in [6.45, 7) is 0. The number of ether oxygens (including phenoxy) is 1. The summed E-state index contributed by atoms with van der Waals surface area (Å²) < 4.78 is 38.6. The van der Waals surface area contributed by atoms with Crippen LogP contribution in [0.1, 0.15) is 24.7 Å². The maximum atomic E-state index is 12.6. The van der Waals surface area contributed by atoms with Crippen LogP contribution in [-0.4, -0.2) is 25.7 Å². The molecule has 3 aromatic rings. The first kappa shape index (κ1) is 16.1. The van der Waals surface area contributed by atoms with Crippen molar-refractivity contribution in [1.82, 2.24) is 10.2 Å². The third-order valence-corrected chi connectivity index (χ3v) is 6.69. The van der Waals surface area contributed by atoms with Gasteiger partial charge in [0.1, 0.15) is 9.96 Å². The second kappa shape index (κ2) is 6.16. The van der Waals surface area contributed by atoms with Crippen LogP contribution < -0.4 is 9.46 Å². The lowest BCUT2D eigenvalue weighted by Crippen LogP contribution is -2.11. The average molecular weight is 377 g/mol. The van der Waals surface area contributed by atoms with Crippen molar-refractivity contribution in [2.75, 3.05) is 11.8 Å². The Morgan fingerprint density at radius 3 is 2.84 bits per heavy atom. The largest absolute Gasteiger partial charge is 0.497 e. The number of methoxy groups -OCH3 is 1.